The number of hydrogen-bond acceptors (Lipinski definition) is 4. The van der Waals surface area contributed by atoms with Gasteiger partial charge < -0.3 is 19.8 Å². The maximum Gasteiger partial charge on any atom is 0.253 e. The van der Waals surface area contributed by atoms with Gasteiger partial charge in [-0.15, -0.1) is 0 Å². The van der Waals surface area contributed by atoms with Gasteiger partial charge in [0.2, 0.25) is 0 Å². The molecule has 5 heteroatoms. The zero-order chi connectivity index (χ0) is 18.9. The number of aliphatic hydroxyl groups is 1. The van der Waals surface area contributed by atoms with Crippen LogP contribution in [0.4, 0.5) is 0 Å². The van der Waals surface area contributed by atoms with Gasteiger partial charge in [0.1, 0.15) is 5.75 Å². The van der Waals surface area contributed by atoms with Crippen molar-refractivity contribution in [1.29, 1.82) is 0 Å². The molecule has 27 heavy (non-hydrogen) atoms. The second kappa shape index (κ2) is 7.33. The monoisotopic (exact) mass is 367 g/mol. The second-order valence-electron chi connectivity index (χ2n) is 7.49. The molecular formula is C22H25NO4. The third-order valence-electron chi connectivity index (χ3n) is 5.83. The molecule has 1 amide bonds. The third kappa shape index (κ3) is 3.57. The number of carbonyl (C=O) groups is 1. The van der Waals surface area contributed by atoms with Crippen molar-refractivity contribution in [2.24, 2.45) is 0 Å². The van der Waals surface area contributed by atoms with Crippen LogP contribution in [0.5, 0.6) is 5.75 Å². The lowest BCUT2D eigenvalue weighted by Gasteiger charge is -2.46. The molecule has 2 saturated heterocycles. The van der Waals surface area contributed by atoms with Gasteiger partial charge in [0, 0.05) is 25.3 Å². The maximum atomic E-state index is 13.0. The zero-order valence-corrected chi connectivity index (χ0v) is 15.3. The predicted molar refractivity (Wildman–Crippen MR) is 103 cm³/mol. The van der Waals surface area contributed by atoms with Gasteiger partial charge in [-0.1, -0.05) is 24.3 Å². The van der Waals surface area contributed by atoms with Crippen LogP contribution in [0, 0.1) is 0 Å². The number of hydrogen-bond donors (Lipinski definition) is 2. The third-order valence-corrected chi connectivity index (χ3v) is 5.83. The van der Waals surface area contributed by atoms with Gasteiger partial charge in [-0.3, -0.25) is 4.79 Å². The van der Waals surface area contributed by atoms with Crippen molar-refractivity contribution in [3.05, 3.63) is 54.1 Å². The topological polar surface area (TPSA) is 70.0 Å². The molecule has 0 radical (unpaired) electrons. The Morgan fingerprint density at radius 3 is 2.52 bits per heavy atom. The summed E-state index contributed by atoms with van der Waals surface area (Å²) < 4.78 is 5.93. The maximum absolute atomic E-state index is 13.0. The van der Waals surface area contributed by atoms with Gasteiger partial charge in [0.05, 0.1) is 11.7 Å². The summed E-state index contributed by atoms with van der Waals surface area (Å²) >= 11 is 0. The molecule has 2 aliphatic heterocycles. The summed E-state index contributed by atoms with van der Waals surface area (Å²) in [5.74, 6) is 0.233. The summed E-state index contributed by atoms with van der Waals surface area (Å²) in [6.07, 6.45) is 2.61. The van der Waals surface area contributed by atoms with Crippen molar-refractivity contribution >= 4 is 5.91 Å². The highest BCUT2D eigenvalue weighted by Crippen LogP contribution is 2.35. The van der Waals surface area contributed by atoms with Gasteiger partial charge >= 0.3 is 0 Å². The van der Waals surface area contributed by atoms with E-state index in [2.05, 4.69) is 0 Å². The molecule has 2 heterocycles. The summed E-state index contributed by atoms with van der Waals surface area (Å²) in [4.78, 5) is 14.8. The Balaban J connectivity index is 1.47. The molecule has 0 saturated carbocycles. The Kier molecular flexibility index (Phi) is 4.89. The molecular weight excluding hydrogens is 342 g/mol. The van der Waals surface area contributed by atoms with E-state index in [1.54, 1.807) is 12.1 Å². The van der Waals surface area contributed by atoms with Crippen molar-refractivity contribution in [2.45, 2.75) is 37.4 Å². The predicted octanol–water partition coefficient (Wildman–Crippen LogP) is 3.21. The molecule has 0 aliphatic carbocycles. The molecule has 2 aromatic carbocycles. The molecule has 2 aromatic rings. The Bertz CT molecular complexity index is 809. The fourth-order valence-corrected chi connectivity index (χ4v) is 4.15. The smallest absolute Gasteiger partial charge is 0.253 e. The summed E-state index contributed by atoms with van der Waals surface area (Å²) in [6.45, 7) is 1.89. The molecule has 2 aliphatic rings. The number of benzene rings is 2. The number of rotatable bonds is 2. The van der Waals surface area contributed by atoms with Crippen molar-refractivity contribution in [3.63, 3.8) is 0 Å². The van der Waals surface area contributed by atoms with E-state index in [9.17, 15) is 15.0 Å². The molecule has 0 aromatic heterocycles. The average Bonchev–Trinajstić information content (AvgIpc) is 2.71. The number of aromatic hydroxyl groups is 1. The Hall–Kier alpha value is -2.37. The molecule has 1 spiro atoms. The quantitative estimate of drug-likeness (QED) is 0.855. The largest absolute Gasteiger partial charge is 0.508 e. The van der Waals surface area contributed by atoms with Gasteiger partial charge in [0.25, 0.3) is 5.91 Å². The first-order valence-corrected chi connectivity index (χ1v) is 9.58. The lowest BCUT2D eigenvalue weighted by molar-refractivity contribution is -0.174. The summed E-state index contributed by atoms with van der Waals surface area (Å²) in [5, 5.41) is 19.8. The van der Waals surface area contributed by atoms with Crippen LogP contribution in [0.3, 0.4) is 0 Å². The molecule has 1 atom stereocenters. The summed E-state index contributed by atoms with van der Waals surface area (Å²) in [7, 11) is 0. The normalized spacial score (nSPS) is 22.0. The van der Waals surface area contributed by atoms with Crippen LogP contribution < -0.4 is 0 Å². The SMILES string of the molecule is O=C(c1cccc(-c2ccc(O)cc2)c1)N1CCC2(CC1)OCCC[C@@H]2O. The first-order chi connectivity index (χ1) is 13.1. The number of ether oxygens (including phenoxy) is 1. The summed E-state index contributed by atoms with van der Waals surface area (Å²) in [5.41, 5.74) is 2.09. The van der Waals surface area contributed by atoms with Crippen LogP contribution in [-0.2, 0) is 4.74 Å². The van der Waals surface area contributed by atoms with E-state index in [0.29, 0.717) is 38.1 Å². The van der Waals surface area contributed by atoms with Crippen LogP contribution >= 0.6 is 0 Å². The molecule has 2 N–H and O–H groups in total. The van der Waals surface area contributed by atoms with Crippen LogP contribution in [0.25, 0.3) is 11.1 Å². The highest BCUT2D eigenvalue weighted by Gasteiger charge is 2.44. The van der Waals surface area contributed by atoms with E-state index >= 15 is 0 Å². The van der Waals surface area contributed by atoms with E-state index in [1.807, 2.05) is 41.3 Å². The first-order valence-electron chi connectivity index (χ1n) is 9.58. The number of carbonyl (C=O) groups excluding carboxylic acids is 1. The van der Waals surface area contributed by atoms with Crippen molar-refractivity contribution < 1.29 is 19.7 Å². The van der Waals surface area contributed by atoms with Gasteiger partial charge in [-0.25, -0.2) is 0 Å². The van der Waals surface area contributed by atoms with E-state index in [1.165, 1.54) is 0 Å². The minimum absolute atomic E-state index is 0.00998. The van der Waals surface area contributed by atoms with Crippen LogP contribution in [-0.4, -0.2) is 52.4 Å². The molecule has 2 fully saturated rings. The van der Waals surface area contributed by atoms with Crippen molar-refractivity contribution in [2.75, 3.05) is 19.7 Å². The van der Waals surface area contributed by atoms with Crippen LogP contribution in [0.1, 0.15) is 36.0 Å². The number of aliphatic hydroxyl groups excluding tert-OH is 1. The van der Waals surface area contributed by atoms with E-state index in [4.69, 9.17) is 4.74 Å². The number of amides is 1. The molecule has 0 bridgehead atoms. The standard InChI is InChI=1S/C22H25NO4/c24-19-8-6-16(7-9-19)17-3-1-4-18(15-17)21(26)23-12-10-22(11-13-23)20(25)5-2-14-27-22/h1,3-4,6-9,15,20,24-25H,2,5,10-14H2/t20-/m0/s1. The van der Waals surface area contributed by atoms with Gasteiger partial charge in [-0.2, -0.15) is 0 Å². The van der Waals surface area contributed by atoms with Gasteiger partial charge in [0.15, 0.2) is 0 Å². The Labute approximate surface area is 159 Å². The minimum Gasteiger partial charge on any atom is -0.508 e. The molecule has 5 nitrogen and oxygen atoms in total. The van der Waals surface area contributed by atoms with E-state index in [0.717, 1.165) is 24.0 Å². The number of piperidine rings is 1. The second-order valence-corrected chi connectivity index (χ2v) is 7.49. The number of nitrogens with zero attached hydrogens (tertiary/aromatic N) is 1. The fourth-order valence-electron chi connectivity index (χ4n) is 4.15. The number of phenols is 1. The van der Waals surface area contributed by atoms with Crippen molar-refractivity contribution in [3.8, 4) is 16.9 Å². The lowest BCUT2D eigenvalue weighted by atomic mass is 9.82. The highest BCUT2D eigenvalue weighted by atomic mass is 16.5. The van der Waals surface area contributed by atoms with Gasteiger partial charge in [-0.05, 0) is 61.1 Å². The minimum atomic E-state index is -0.469. The van der Waals surface area contributed by atoms with Crippen LogP contribution in [0.2, 0.25) is 0 Å². The summed E-state index contributed by atoms with van der Waals surface area (Å²) in [6, 6.07) is 14.5. The van der Waals surface area contributed by atoms with E-state index in [-0.39, 0.29) is 11.7 Å². The number of likely N-dealkylation sites (tertiary alicyclic amines) is 1. The molecule has 142 valence electrons. The molecule has 4 rings (SSSR count). The molecule has 0 unspecified atom stereocenters. The van der Waals surface area contributed by atoms with Crippen molar-refractivity contribution in [1.82, 2.24) is 4.90 Å². The van der Waals surface area contributed by atoms with Crippen LogP contribution in [0.15, 0.2) is 48.5 Å². The number of phenolic OH excluding ortho intramolecular Hbond substituents is 1. The fraction of sp³-hybridized carbons (Fsp3) is 0.409. The van der Waals surface area contributed by atoms with E-state index < -0.39 is 11.7 Å². The lowest BCUT2D eigenvalue weighted by Crippen LogP contribution is -2.56. The first kappa shape index (κ1) is 18.0. The highest BCUT2D eigenvalue weighted by molar-refractivity contribution is 5.95. The zero-order valence-electron chi connectivity index (χ0n) is 15.3. The Morgan fingerprint density at radius 2 is 1.81 bits per heavy atom. The Morgan fingerprint density at radius 1 is 1.07 bits per heavy atom. The average molecular weight is 367 g/mol.